The molecule has 0 radical (unpaired) electrons. The Morgan fingerprint density at radius 2 is 1.78 bits per heavy atom. The van der Waals surface area contributed by atoms with Crippen molar-refractivity contribution in [1.29, 1.82) is 0 Å². The van der Waals surface area contributed by atoms with Crippen molar-refractivity contribution in [3.05, 3.63) is 28.2 Å². The molecule has 1 atom stereocenters. The van der Waals surface area contributed by atoms with Gasteiger partial charge < -0.3 is 10.2 Å². The summed E-state index contributed by atoms with van der Waals surface area (Å²) in [5.41, 5.74) is 0.581. The van der Waals surface area contributed by atoms with E-state index in [2.05, 4.69) is 15.1 Å². The molecule has 0 spiro atoms. The molecule has 2 aliphatic rings. The van der Waals surface area contributed by atoms with Crippen LogP contribution >= 0.6 is 23.2 Å². The highest BCUT2D eigenvalue weighted by atomic mass is 35.5. The molecule has 150 valence electrons. The molecule has 1 aromatic rings. The van der Waals surface area contributed by atoms with Crippen LogP contribution < -0.4 is 5.32 Å². The molecule has 0 aliphatic carbocycles. The summed E-state index contributed by atoms with van der Waals surface area (Å²) in [5, 5.41) is 4.00. The van der Waals surface area contributed by atoms with E-state index in [1.807, 2.05) is 6.92 Å². The average Bonchev–Trinajstić information content (AvgIpc) is 2.93. The van der Waals surface area contributed by atoms with Crippen LogP contribution in [0.3, 0.4) is 0 Å². The largest absolute Gasteiger partial charge is 0.323 e. The number of hydrogen-bond donors (Lipinski definition) is 1. The molecule has 0 saturated carbocycles. The Morgan fingerprint density at radius 3 is 2.44 bits per heavy atom. The van der Waals surface area contributed by atoms with Crippen molar-refractivity contribution in [2.75, 3.05) is 38.0 Å². The van der Waals surface area contributed by atoms with E-state index in [4.69, 9.17) is 23.2 Å². The Balaban J connectivity index is 1.46. The highest BCUT2D eigenvalue weighted by molar-refractivity contribution is 6.35. The molecule has 2 fully saturated rings. The normalized spacial score (nSPS) is 21.6. The van der Waals surface area contributed by atoms with Gasteiger partial charge in [-0.3, -0.25) is 9.69 Å². The molecule has 1 aromatic carbocycles. The lowest BCUT2D eigenvalue weighted by atomic mass is 9.95. The van der Waals surface area contributed by atoms with Crippen LogP contribution in [0.4, 0.5) is 5.69 Å². The number of benzene rings is 1. The van der Waals surface area contributed by atoms with Crippen molar-refractivity contribution < 1.29 is 4.79 Å². The first-order chi connectivity index (χ1) is 13.0. The standard InChI is InChI=1S/C21H31Cl2N3O/c1-16(21(27)24-20-14-18(22)6-7-19(20)23)26-12-8-17(9-13-26)15-25-10-4-2-3-5-11-25/h6-7,14,16-17H,2-5,8-13,15H2,1H3,(H,24,27). The van der Waals surface area contributed by atoms with Gasteiger partial charge in [-0.2, -0.15) is 0 Å². The summed E-state index contributed by atoms with van der Waals surface area (Å²) < 4.78 is 0. The number of carbonyl (C=O) groups excluding carboxylic acids is 1. The van der Waals surface area contributed by atoms with Crippen molar-refractivity contribution in [2.45, 2.75) is 51.5 Å². The topological polar surface area (TPSA) is 35.6 Å². The molecular weight excluding hydrogens is 381 g/mol. The van der Waals surface area contributed by atoms with Gasteiger partial charge in [-0.1, -0.05) is 36.0 Å². The molecule has 6 heteroatoms. The SMILES string of the molecule is CC(C(=O)Nc1cc(Cl)ccc1Cl)N1CCC(CN2CCCCCC2)CC1. The molecule has 1 amide bonds. The Hall–Kier alpha value is -0.810. The summed E-state index contributed by atoms with van der Waals surface area (Å²) in [5.74, 6) is 0.738. The molecule has 2 heterocycles. The van der Waals surface area contributed by atoms with E-state index < -0.39 is 0 Å². The van der Waals surface area contributed by atoms with E-state index >= 15 is 0 Å². The van der Waals surface area contributed by atoms with Crippen LogP contribution in [0.5, 0.6) is 0 Å². The van der Waals surface area contributed by atoms with Gasteiger partial charge in [-0.05, 0) is 82.9 Å². The second-order valence-corrected chi connectivity index (χ2v) is 8.83. The van der Waals surface area contributed by atoms with Crippen molar-refractivity contribution >= 4 is 34.8 Å². The minimum absolute atomic E-state index is 0.0230. The third-order valence-electron chi connectivity index (χ3n) is 5.98. The van der Waals surface area contributed by atoms with Crippen LogP contribution in [-0.2, 0) is 4.79 Å². The number of halogens is 2. The quantitative estimate of drug-likeness (QED) is 0.747. The zero-order valence-electron chi connectivity index (χ0n) is 16.2. The molecule has 27 heavy (non-hydrogen) atoms. The van der Waals surface area contributed by atoms with Crippen LogP contribution in [-0.4, -0.2) is 54.5 Å². The Labute approximate surface area is 173 Å². The first kappa shape index (κ1) is 20.9. The zero-order chi connectivity index (χ0) is 19.2. The number of amides is 1. The molecule has 0 bridgehead atoms. The Morgan fingerprint density at radius 1 is 1.11 bits per heavy atom. The van der Waals surface area contributed by atoms with Crippen molar-refractivity contribution in [3.63, 3.8) is 0 Å². The van der Waals surface area contributed by atoms with Gasteiger partial charge in [0.1, 0.15) is 0 Å². The number of piperidine rings is 1. The molecule has 4 nitrogen and oxygen atoms in total. The fourth-order valence-electron chi connectivity index (χ4n) is 4.20. The lowest BCUT2D eigenvalue weighted by Gasteiger charge is -2.37. The first-order valence-corrected chi connectivity index (χ1v) is 11.0. The third-order valence-corrected chi connectivity index (χ3v) is 6.54. The van der Waals surface area contributed by atoms with Crippen molar-refractivity contribution in [1.82, 2.24) is 9.80 Å². The zero-order valence-corrected chi connectivity index (χ0v) is 17.7. The average molecular weight is 412 g/mol. The van der Waals surface area contributed by atoms with E-state index in [1.54, 1.807) is 18.2 Å². The molecule has 1 N–H and O–H groups in total. The minimum atomic E-state index is -0.167. The van der Waals surface area contributed by atoms with E-state index in [0.717, 1.165) is 19.0 Å². The summed E-state index contributed by atoms with van der Waals surface area (Å²) in [7, 11) is 0. The number of nitrogens with zero attached hydrogens (tertiary/aromatic N) is 2. The van der Waals surface area contributed by atoms with Gasteiger partial charge in [0.25, 0.3) is 0 Å². The monoisotopic (exact) mass is 411 g/mol. The molecule has 0 aromatic heterocycles. The Bertz CT molecular complexity index is 624. The molecule has 2 aliphatic heterocycles. The smallest absolute Gasteiger partial charge is 0.241 e. The van der Waals surface area contributed by atoms with Gasteiger partial charge in [0.2, 0.25) is 5.91 Å². The maximum Gasteiger partial charge on any atom is 0.241 e. The van der Waals surface area contributed by atoms with Gasteiger partial charge in [-0.25, -0.2) is 0 Å². The van der Waals surface area contributed by atoms with E-state index in [9.17, 15) is 4.79 Å². The summed E-state index contributed by atoms with van der Waals surface area (Å²) in [6.45, 7) is 7.70. The van der Waals surface area contributed by atoms with Gasteiger partial charge in [-0.15, -0.1) is 0 Å². The number of nitrogens with one attached hydrogen (secondary N) is 1. The number of likely N-dealkylation sites (tertiary alicyclic amines) is 2. The maximum atomic E-state index is 12.6. The summed E-state index contributed by atoms with van der Waals surface area (Å²) >= 11 is 12.2. The van der Waals surface area contributed by atoms with Crippen LogP contribution in [0.1, 0.15) is 45.4 Å². The molecule has 3 rings (SSSR count). The van der Waals surface area contributed by atoms with E-state index in [0.29, 0.717) is 15.7 Å². The van der Waals surface area contributed by atoms with Crippen molar-refractivity contribution in [3.8, 4) is 0 Å². The number of anilines is 1. The number of carbonyl (C=O) groups is 1. The van der Waals surface area contributed by atoms with E-state index in [1.165, 1.54) is 58.2 Å². The summed E-state index contributed by atoms with van der Waals surface area (Å²) in [6.07, 6.45) is 7.82. The lowest BCUT2D eigenvalue weighted by molar-refractivity contribution is -0.121. The molecule has 1 unspecified atom stereocenters. The van der Waals surface area contributed by atoms with Gasteiger partial charge in [0, 0.05) is 11.6 Å². The Kier molecular flexibility index (Phi) is 7.83. The summed E-state index contributed by atoms with van der Waals surface area (Å²) in [6, 6.07) is 4.96. The van der Waals surface area contributed by atoms with Crippen molar-refractivity contribution in [2.24, 2.45) is 5.92 Å². The fourth-order valence-corrected chi connectivity index (χ4v) is 4.54. The van der Waals surface area contributed by atoms with Crippen LogP contribution in [0, 0.1) is 5.92 Å². The lowest BCUT2D eigenvalue weighted by Crippen LogP contribution is -2.47. The predicted octanol–water partition coefficient (Wildman–Crippen LogP) is 4.91. The summed E-state index contributed by atoms with van der Waals surface area (Å²) in [4.78, 5) is 17.6. The second-order valence-electron chi connectivity index (χ2n) is 7.98. The van der Waals surface area contributed by atoms with Crippen LogP contribution in [0.25, 0.3) is 0 Å². The first-order valence-electron chi connectivity index (χ1n) is 10.3. The second kappa shape index (κ2) is 10.1. The van der Waals surface area contributed by atoms with Gasteiger partial charge in [0.05, 0.1) is 16.8 Å². The molecule has 2 saturated heterocycles. The van der Waals surface area contributed by atoms with Crippen LogP contribution in [0.15, 0.2) is 18.2 Å². The number of hydrogen-bond acceptors (Lipinski definition) is 3. The maximum absolute atomic E-state index is 12.6. The minimum Gasteiger partial charge on any atom is -0.323 e. The number of rotatable bonds is 5. The van der Waals surface area contributed by atoms with Crippen LogP contribution in [0.2, 0.25) is 10.0 Å². The van der Waals surface area contributed by atoms with E-state index in [-0.39, 0.29) is 11.9 Å². The predicted molar refractivity (Wildman–Crippen MR) is 114 cm³/mol. The highest BCUT2D eigenvalue weighted by Crippen LogP contribution is 2.26. The highest BCUT2D eigenvalue weighted by Gasteiger charge is 2.28. The van der Waals surface area contributed by atoms with Gasteiger partial charge in [0.15, 0.2) is 0 Å². The third kappa shape index (κ3) is 6.08. The molecular formula is C21H31Cl2N3O. The fraction of sp³-hybridized carbons (Fsp3) is 0.667. The van der Waals surface area contributed by atoms with Gasteiger partial charge >= 0.3 is 0 Å².